The molecule has 5 heteroatoms. The predicted molar refractivity (Wildman–Crippen MR) is 91.4 cm³/mol. The average molecular weight is 310 g/mol. The molecule has 1 rings (SSSR count). The molecule has 0 spiro atoms. The van der Waals surface area contributed by atoms with E-state index in [9.17, 15) is 4.79 Å². The van der Waals surface area contributed by atoms with Gasteiger partial charge in [-0.15, -0.1) is 0 Å². The third-order valence-corrected chi connectivity index (χ3v) is 3.24. The molecule has 0 aliphatic rings. The molecule has 0 unspecified atom stereocenters. The second-order valence-corrected chi connectivity index (χ2v) is 4.76. The van der Waals surface area contributed by atoms with Gasteiger partial charge in [0.15, 0.2) is 0 Å². The van der Waals surface area contributed by atoms with E-state index in [4.69, 9.17) is 15.2 Å². The molecule has 0 bridgehead atoms. The minimum atomic E-state index is -0.351. The number of nitrogen functional groups attached to an aromatic ring is 1. The zero-order valence-corrected chi connectivity index (χ0v) is 13.2. The van der Waals surface area contributed by atoms with Crippen LogP contribution >= 0.6 is 0 Å². The molecule has 0 aromatic heterocycles. The van der Waals surface area contributed by atoms with Crippen molar-refractivity contribution >= 4 is 11.7 Å². The van der Waals surface area contributed by atoms with Crippen molar-refractivity contribution in [1.82, 2.24) is 4.90 Å². The van der Waals surface area contributed by atoms with Crippen LogP contribution in [-0.2, 0) is 4.74 Å². The molecule has 0 atom stereocenters. The lowest BCUT2D eigenvalue weighted by atomic mass is 10.2. The fourth-order valence-electron chi connectivity index (χ4n) is 1.91. The fraction of sp³-hybridized carbons (Fsp3) is 0.588. The Morgan fingerprint density at radius 1 is 1.18 bits per heavy atom. The summed E-state index contributed by atoms with van der Waals surface area (Å²) in [6.45, 7) is 9.83. The highest BCUT2D eigenvalue weighted by Gasteiger charge is 2.10. The van der Waals surface area contributed by atoms with Crippen molar-refractivity contribution in [2.75, 3.05) is 38.6 Å². The number of benzene rings is 1. The lowest BCUT2D eigenvalue weighted by Gasteiger charge is -2.17. The van der Waals surface area contributed by atoms with E-state index < -0.39 is 0 Å². The third kappa shape index (κ3) is 6.35. The summed E-state index contributed by atoms with van der Waals surface area (Å²) in [4.78, 5) is 14.1. The molecule has 0 aliphatic carbocycles. The molecule has 1 aromatic carbocycles. The number of rotatable bonds is 9. The Morgan fingerprint density at radius 2 is 1.86 bits per heavy atom. The lowest BCUT2D eigenvalue weighted by Crippen LogP contribution is -2.27. The maximum Gasteiger partial charge on any atom is 0.338 e. The minimum absolute atomic E-state index is 0. The van der Waals surface area contributed by atoms with Gasteiger partial charge >= 0.3 is 5.97 Å². The Morgan fingerprint density at radius 3 is 2.41 bits per heavy atom. The van der Waals surface area contributed by atoms with E-state index in [1.165, 1.54) is 0 Å². The first-order valence-electron chi connectivity index (χ1n) is 7.54. The van der Waals surface area contributed by atoms with Crippen LogP contribution in [-0.4, -0.2) is 43.7 Å². The Labute approximate surface area is 134 Å². The lowest BCUT2D eigenvalue weighted by molar-refractivity contribution is 0.0466. The summed E-state index contributed by atoms with van der Waals surface area (Å²) < 4.78 is 10.7. The molecule has 0 aliphatic heterocycles. The van der Waals surface area contributed by atoms with Crippen LogP contribution in [0.3, 0.4) is 0 Å². The zero-order valence-electron chi connectivity index (χ0n) is 13.2. The largest absolute Gasteiger partial charge is 0.491 e. The number of nitrogens with zero attached hydrogens (tertiary/aromatic N) is 1. The van der Waals surface area contributed by atoms with Crippen LogP contribution in [0.25, 0.3) is 0 Å². The number of ether oxygens (including phenoxy) is 2. The summed E-state index contributed by atoms with van der Waals surface area (Å²) in [6.07, 6.45) is 0.911. The van der Waals surface area contributed by atoms with E-state index in [2.05, 4.69) is 18.7 Å². The van der Waals surface area contributed by atoms with E-state index in [-0.39, 0.29) is 13.4 Å². The van der Waals surface area contributed by atoms with E-state index in [0.29, 0.717) is 30.2 Å². The molecular weight excluding hydrogens is 280 g/mol. The normalized spacial score (nSPS) is 10.2. The molecule has 1 aromatic rings. The van der Waals surface area contributed by atoms with E-state index in [1.54, 1.807) is 18.2 Å². The van der Waals surface area contributed by atoms with Gasteiger partial charge < -0.3 is 20.1 Å². The molecule has 0 fully saturated rings. The van der Waals surface area contributed by atoms with Gasteiger partial charge in [-0.2, -0.15) is 0 Å². The Bertz CT molecular complexity index is 446. The number of hydrogen-bond acceptors (Lipinski definition) is 5. The molecule has 2 N–H and O–H groups in total. The van der Waals surface area contributed by atoms with Crippen LogP contribution in [0.2, 0.25) is 0 Å². The predicted octanol–water partition coefficient (Wildman–Crippen LogP) is 3.19. The molecule has 0 heterocycles. The second-order valence-electron chi connectivity index (χ2n) is 4.76. The van der Waals surface area contributed by atoms with Crippen LogP contribution < -0.4 is 10.5 Å². The quantitative estimate of drug-likeness (QED) is 0.560. The standard InChI is InChI=1S/C16H26N2O3.CH4/c1-4-10-20-15-8-7-13(12-14(15)17)16(19)21-11-9-18(5-2)6-3;/h7-8,12H,4-6,9-11,17H2,1-3H3;1H4. The average Bonchev–Trinajstić information content (AvgIpc) is 2.50. The topological polar surface area (TPSA) is 64.8 Å². The molecule has 5 nitrogen and oxygen atoms in total. The molecule has 126 valence electrons. The summed E-state index contributed by atoms with van der Waals surface area (Å²) in [5.41, 5.74) is 6.79. The van der Waals surface area contributed by atoms with Crippen molar-refractivity contribution in [3.8, 4) is 5.75 Å². The first-order valence-corrected chi connectivity index (χ1v) is 7.54. The van der Waals surface area contributed by atoms with Gasteiger partial charge in [0, 0.05) is 6.54 Å². The number of carbonyl (C=O) groups excluding carboxylic acids is 1. The summed E-state index contributed by atoms with van der Waals surface area (Å²) >= 11 is 0. The van der Waals surface area contributed by atoms with Gasteiger partial charge in [0.1, 0.15) is 12.4 Å². The van der Waals surface area contributed by atoms with Gasteiger partial charge in [-0.3, -0.25) is 0 Å². The number of carbonyl (C=O) groups is 1. The Kier molecular flexibility index (Phi) is 10.0. The van der Waals surface area contributed by atoms with E-state index >= 15 is 0 Å². The van der Waals surface area contributed by atoms with Crippen molar-refractivity contribution in [2.24, 2.45) is 0 Å². The van der Waals surface area contributed by atoms with Crippen LogP contribution in [0.15, 0.2) is 18.2 Å². The maximum atomic E-state index is 11.9. The van der Waals surface area contributed by atoms with Crippen molar-refractivity contribution in [1.29, 1.82) is 0 Å². The third-order valence-electron chi connectivity index (χ3n) is 3.24. The Hall–Kier alpha value is -1.75. The minimum Gasteiger partial charge on any atom is -0.491 e. The summed E-state index contributed by atoms with van der Waals surface area (Å²) in [6, 6.07) is 5.00. The number of anilines is 1. The van der Waals surface area contributed by atoms with Crippen molar-refractivity contribution in [2.45, 2.75) is 34.6 Å². The number of nitrogens with two attached hydrogens (primary N) is 1. The molecule has 22 heavy (non-hydrogen) atoms. The van der Waals surface area contributed by atoms with Gasteiger partial charge in [0.2, 0.25) is 0 Å². The Balaban J connectivity index is 0.00000441. The van der Waals surface area contributed by atoms with Gasteiger partial charge in [0.25, 0.3) is 0 Å². The molecular formula is C17H30N2O3. The first-order chi connectivity index (χ1) is 10.1. The zero-order chi connectivity index (χ0) is 15.7. The maximum absolute atomic E-state index is 11.9. The number of esters is 1. The van der Waals surface area contributed by atoms with E-state index in [0.717, 1.165) is 26.1 Å². The molecule has 0 saturated carbocycles. The van der Waals surface area contributed by atoms with Gasteiger partial charge in [0.05, 0.1) is 17.9 Å². The highest BCUT2D eigenvalue weighted by atomic mass is 16.5. The SMILES string of the molecule is C.CCCOc1ccc(C(=O)OCCN(CC)CC)cc1N. The summed E-state index contributed by atoms with van der Waals surface area (Å²) in [5, 5.41) is 0. The monoisotopic (exact) mass is 310 g/mol. The van der Waals surface area contributed by atoms with Crippen LogP contribution in [0, 0.1) is 0 Å². The highest BCUT2D eigenvalue weighted by Crippen LogP contribution is 2.23. The second kappa shape index (κ2) is 10.9. The van der Waals surface area contributed by atoms with E-state index in [1.807, 2.05) is 6.92 Å². The molecule has 0 radical (unpaired) electrons. The van der Waals surface area contributed by atoms with Crippen LogP contribution in [0.4, 0.5) is 5.69 Å². The summed E-state index contributed by atoms with van der Waals surface area (Å²) in [7, 11) is 0. The fourth-order valence-corrected chi connectivity index (χ4v) is 1.91. The molecule has 0 amide bonds. The number of hydrogen-bond donors (Lipinski definition) is 1. The van der Waals surface area contributed by atoms with Crippen molar-refractivity contribution in [3.05, 3.63) is 23.8 Å². The van der Waals surface area contributed by atoms with Crippen LogP contribution in [0.1, 0.15) is 45.0 Å². The van der Waals surface area contributed by atoms with Crippen molar-refractivity contribution < 1.29 is 14.3 Å². The highest BCUT2D eigenvalue weighted by molar-refractivity contribution is 5.91. The van der Waals surface area contributed by atoms with Gasteiger partial charge in [-0.05, 0) is 37.7 Å². The number of likely N-dealkylation sites (N-methyl/N-ethyl adjacent to an activating group) is 1. The summed E-state index contributed by atoms with van der Waals surface area (Å²) in [5.74, 6) is 0.257. The van der Waals surface area contributed by atoms with Gasteiger partial charge in [-0.25, -0.2) is 4.79 Å². The molecule has 0 saturated heterocycles. The smallest absolute Gasteiger partial charge is 0.338 e. The van der Waals surface area contributed by atoms with Crippen LogP contribution in [0.5, 0.6) is 5.75 Å². The first kappa shape index (κ1) is 20.2. The van der Waals surface area contributed by atoms with Crippen molar-refractivity contribution in [3.63, 3.8) is 0 Å². The van der Waals surface area contributed by atoms with Gasteiger partial charge in [-0.1, -0.05) is 28.2 Å².